The summed E-state index contributed by atoms with van der Waals surface area (Å²) in [5.41, 5.74) is 3.88. The zero-order valence-corrected chi connectivity index (χ0v) is 21.0. The van der Waals surface area contributed by atoms with E-state index in [9.17, 15) is 9.90 Å². The lowest BCUT2D eigenvalue weighted by atomic mass is 10.1. The van der Waals surface area contributed by atoms with Gasteiger partial charge in [-0.1, -0.05) is 23.5 Å². The number of phenolic OH excluding ortho intramolecular Hbond substituents is 1. The molecule has 4 heterocycles. The summed E-state index contributed by atoms with van der Waals surface area (Å²) in [6, 6.07) is 18.4. The van der Waals surface area contributed by atoms with Crippen LogP contribution in [0.4, 0.5) is 17.3 Å². The number of fused-ring (bicyclic) bond motifs is 1. The molecule has 0 spiro atoms. The molecule has 2 N–H and O–H groups in total. The normalized spacial score (nSPS) is 14.2. The summed E-state index contributed by atoms with van der Waals surface area (Å²) in [6.07, 6.45) is 3.19. The molecule has 0 unspecified atom stereocenters. The number of nitrogens with zero attached hydrogens (tertiary/aromatic N) is 6. The Balaban J connectivity index is 1.33. The van der Waals surface area contributed by atoms with Crippen molar-refractivity contribution < 1.29 is 5.11 Å². The van der Waals surface area contributed by atoms with Crippen LogP contribution in [0.5, 0.6) is 5.75 Å². The van der Waals surface area contributed by atoms with Crippen LogP contribution in [-0.2, 0) is 0 Å². The van der Waals surface area contributed by atoms with E-state index in [1.807, 2.05) is 24.3 Å². The van der Waals surface area contributed by atoms with Crippen molar-refractivity contribution in [3.05, 3.63) is 83.4 Å². The fourth-order valence-corrected chi connectivity index (χ4v) is 5.58. The quantitative estimate of drug-likeness (QED) is 0.364. The standard InChI is InChI=1S/C27H25N7O2S/c1-32-13-15-33(16-14-32)20-7-5-19(6-8-20)30-26-28-11-9-22(31-26)25-24(18-3-2-4-21(35)17-18)34-23(36)10-12-29-27(34)37-25/h2-12,17,35H,13-16H2,1H3,(H,28,30,31). The van der Waals surface area contributed by atoms with Gasteiger partial charge in [0.25, 0.3) is 5.56 Å². The second-order valence-electron chi connectivity index (χ2n) is 8.96. The number of piperazine rings is 1. The topological polar surface area (TPSA) is 98.9 Å². The van der Waals surface area contributed by atoms with Crippen LogP contribution >= 0.6 is 11.3 Å². The zero-order chi connectivity index (χ0) is 25.4. The van der Waals surface area contributed by atoms with Crippen LogP contribution in [-0.4, -0.2) is 62.6 Å². The summed E-state index contributed by atoms with van der Waals surface area (Å²) in [4.78, 5) is 32.4. The van der Waals surface area contributed by atoms with Gasteiger partial charge < -0.3 is 20.2 Å². The minimum atomic E-state index is -0.196. The first-order valence-corrected chi connectivity index (χ1v) is 12.8. The van der Waals surface area contributed by atoms with Crippen molar-refractivity contribution in [1.29, 1.82) is 0 Å². The largest absolute Gasteiger partial charge is 0.508 e. The molecule has 0 bridgehead atoms. The Morgan fingerprint density at radius 2 is 1.73 bits per heavy atom. The van der Waals surface area contributed by atoms with Crippen molar-refractivity contribution in [3.63, 3.8) is 0 Å². The number of anilines is 3. The molecule has 0 amide bonds. The smallest absolute Gasteiger partial charge is 0.258 e. The van der Waals surface area contributed by atoms with Crippen LogP contribution in [0.25, 0.3) is 26.8 Å². The average molecular weight is 512 g/mol. The summed E-state index contributed by atoms with van der Waals surface area (Å²) in [5, 5.41) is 13.4. The van der Waals surface area contributed by atoms with E-state index in [1.165, 1.54) is 29.3 Å². The van der Waals surface area contributed by atoms with Crippen molar-refractivity contribution in [2.24, 2.45) is 0 Å². The first kappa shape index (κ1) is 23.1. The highest BCUT2D eigenvalue weighted by molar-refractivity contribution is 7.20. The number of aromatic nitrogens is 4. The highest BCUT2D eigenvalue weighted by Gasteiger charge is 2.20. The second-order valence-corrected chi connectivity index (χ2v) is 9.94. The van der Waals surface area contributed by atoms with E-state index in [0.29, 0.717) is 27.9 Å². The Labute approximate surface area is 217 Å². The Hall–Kier alpha value is -4.28. The van der Waals surface area contributed by atoms with Gasteiger partial charge in [-0.3, -0.25) is 9.20 Å². The van der Waals surface area contributed by atoms with Gasteiger partial charge in [0.05, 0.1) is 16.3 Å². The SMILES string of the molecule is CN1CCN(c2ccc(Nc3nccc(-c4sc5nccc(=O)n5c4-c4cccc(O)c4)n3)cc2)CC1. The monoisotopic (exact) mass is 511 g/mol. The zero-order valence-electron chi connectivity index (χ0n) is 20.2. The summed E-state index contributed by atoms with van der Waals surface area (Å²) < 4.78 is 1.56. The molecular weight excluding hydrogens is 486 g/mol. The van der Waals surface area contributed by atoms with Crippen LogP contribution < -0.4 is 15.8 Å². The fourth-order valence-electron chi connectivity index (χ4n) is 4.49. The van der Waals surface area contributed by atoms with Crippen LogP contribution in [0.15, 0.2) is 77.9 Å². The van der Waals surface area contributed by atoms with Crippen LogP contribution in [0, 0.1) is 0 Å². The Morgan fingerprint density at radius 1 is 0.946 bits per heavy atom. The van der Waals surface area contributed by atoms with Gasteiger partial charge in [-0.15, -0.1) is 0 Å². The number of nitrogens with one attached hydrogen (secondary N) is 1. The highest BCUT2D eigenvalue weighted by atomic mass is 32.1. The third kappa shape index (κ3) is 4.64. The lowest BCUT2D eigenvalue weighted by molar-refractivity contribution is 0.313. The maximum absolute atomic E-state index is 12.8. The summed E-state index contributed by atoms with van der Waals surface area (Å²) in [7, 11) is 2.15. The molecule has 9 nitrogen and oxygen atoms in total. The Kier molecular flexibility index (Phi) is 6.03. The minimum absolute atomic E-state index is 0.116. The fraction of sp³-hybridized carbons (Fsp3) is 0.185. The highest BCUT2D eigenvalue weighted by Crippen LogP contribution is 2.38. The van der Waals surface area contributed by atoms with Crippen LogP contribution in [0.2, 0.25) is 0 Å². The molecule has 0 aliphatic carbocycles. The van der Waals surface area contributed by atoms with Crippen molar-refractivity contribution >= 4 is 33.6 Å². The lowest BCUT2D eigenvalue weighted by Gasteiger charge is -2.34. The maximum atomic E-state index is 12.8. The van der Waals surface area contributed by atoms with E-state index < -0.39 is 0 Å². The lowest BCUT2D eigenvalue weighted by Crippen LogP contribution is -2.44. The number of hydrogen-bond acceptors (Lipinski definition) is 9. The third-order valence-corrected chi connectivity index (χ3v) is 7.52. The minimum Gasteiger partial charge on any atom is -0.508 e. The molecule has 0 atom stereocenters. The molecule has 1 aliphatic heterocycles. The van der Waals surface area contributed by atoms with E-state index in [0.717, 1.165) is 36.7 Å². The number of phenols is 1. The number of hydrogen-bond donors (Lipinski definition) is 2. The molecule has 1 saturated heterocycles. The predicted molar refractivity (Wildman–Crippen MR) is 147 cm³/mol. The molecule has 1 aliphatic rings. The maximum Gasteiger partial charge on any atom is 0.258 e. The van der Waals surface area contributed by atoms with Crippen molar-refractivity contribution in [3.8, 4) is 27.6 Å². The molecule has 186 valence electrons. The van der Waals surface area contributed by atoms with Gasteiger partial charge in [0.2, 0.25) is 5.95 Å². The van der Waals surface area contributed by atoms with Gasteiger partial charge in [-0.05, 0) is 49.5 Å². The Morgan fingerprint density at radius 3 is 2.51 bits per heavy atom. The molecule has 10 heteroatoms. The van der Waals surface area contributed by atoms with E-state index in [4.69, 9.17) is 4.98 Å². The number of rotatable bonds is 5. The molecule has 6 rings (SSSR count). The van der Waals surface area contributed by atoms with Crippen LogP contribution in [0.3, 0.4) is 0 Å². The molecule has 37 heavy (non-hydrogen) atoms. The molecule has 5 aromatic rings. The van der Waals surface area contributed by atoms with Crippen LogP contribution in [0.1, 0.15) is 0 Å². The molecule has 0 radical (unpaired) electrons. The van der Waals surface area contributed by atoms with Crippen molar-refractivity contribution in [2.75, 3.05) is 43.4 Å². The average Bonchev–Trinajstić information content (AvgIpc) is 3.31. The van der Waals surface area contributed by atoms with Crippen molar-refractivity contribution in [2.45, 2.75) is 0 Å². The number of thiazole rings is 1. The van der Waals surface area contributed by atoms with Gasteiger partial charge in [-0.25, -0.2) is 15.0 Å². The van der Waals surface area contributed by atoms with E-state index >= 15 is 0 Å². The second kappa shape index (κ2) is 9.64. The third-order valence-electron chi connectivity index (χ3n) is 6.45. The molecular formula is C27H25N7O2S. The molecule has 0 saturated carbocycles. The van der Waals surface area contributed by atoms with Gasteiger partial charge in [0.1, 0.15) is 5.75 Å². The first-order chi connectivity index (χ1) is 18.0. The van der Waals surface area contributed by atoms with E-state index in [2.05, 4.69) is 44.3 Å². The molecule has 3 aromatic heterocycles. The van der Waals surface area contributed by atoms with Gasteiger partial charge in [0.15, 0.2) is 4.96 Å². The predicted octanol–water partition coefficient (Wildman–Crippen LogP) is 4.08. The number of benzene rings is 2. The summed E-state index contributed by atoms with van der Waals surface area (Å²) in [6.45, 7) is 4.15. The summed E-state index contributed by atoms with van der Waals surface area (Å²) in [5.74, 6) is 0.564. The number of aromatic hydroxyl groups is 1. The summed E-state index contributed by atoms with van der Waals surface area (Å²) >= 11 is 1.37. The van der Waals surface area contributed by atoms with E-state index in [-0.39, 0.29) is 11.3 Å². The van der Waals surface area contributed by atoms with E-state index in [1.54, 1.807) is 28.8 Å². The molecule has 2 aromatic carbocycles. The van der Waals surface area contributed by atoms with Gasteiger partial charge in [0, 0.05) is 61.6 Å². The first-order valence-electron chi connectivity index (χ1n) is 12.0. The Bertz CT molecular complexity index is 1620. The van der Waals surface area contributed by atoms with Gasteiger partial charge in [-0.2, -0.15) is 0 Å². The number of likely N-dealkylation sites (N-methyl/N-ethyl adjacent to an activating group) is 1. The van der Waals surface area contributed by atoms with Crippen molar-refractivity contribution in [1.82, 2.24) is 24.3 Å². The molecule has 1 fully saturated rings. The van der Waals surface area contributed by atoms with Gasteiger partial charge >= 0.3 is 0 Å².